The van der Waals surface area contributed by atoms with Gasteiger partial charge in [0, 0.05) is 37.1 Å². The maximum Gasteiger partial charge on any atom is 0.326 e. The Morgan fingerprint density at radius 1 is 1.23 bits per heavy atom. The lowest BCUT2D eigenvalue weighted by atomic mass is 9.76. The molecule has 1 spiro atoms. The third kappa shape index (κ3) is 3.43. The number of nitrogens with zero attached hydrogens (tertiary/aromatic N) is 2. The normalized spacial score (nSPS) is 21.9. The molecule has 3 rings (SSSR count). The largest absolute Gasteiger partial charge is 0.480 e. The first kappa shape index (κ1) is 18.7. The van der Waals surface area contributed by atoms with Crippen LogP contribution < -0.4 is 0 Å². The Morgan fingerprint density at radius 2 is 1.88 bits per heavy atom. The van der Waals surface area contributed by atoms with Crippen molar-refractivity contribution in [2.45, 2.75) is 39.2 Å². The first-order valence-corrected chi connectivity index (χ1v) is 9.16. The number of carboxylic acid groups (broad SMARTS) is 1. The molecule has 2 amide bonds. The number of carbonyl (C=O) groups is 3. The van der Waals surface area contributed by atoms with Crippen LogP contribution in [0.1, 0.15) is 42.1 Å². The van der Waals surface area contributed by atoms with Gasteiger partial charge in [0.2, 0.25) is 5.91 Å². The molecule has 1 N–H and O–H groups in total. The van der Waals surface area contributed by atoms with Crippen molar-refractivity contribution in [3.63, 3.8) is 0 Å². The molecule has 0 radical (unpaired) electrons. The summed E-state index contributed by atoms with van der Waals surface area (Å²) in [5.74, 6) is -1.20. The fourth-order valence-corrected chi connectivity index (χ4v) is 4.40. The second-order valence-electron chi connectivity index (χ2n) is 7.46. The molecule has 7 heteroatoms. The zero-order valence-corrected chi connectivity index (χ0v) is 15.8. The van der Waals surface area contributed by atoms with Crippen LogP contribution in [-0.4, -0.2) is 58.4 Å². The van der Waals surface area contributed by atoms with Crippen molar-refractivity contribution in [2.24, 2.45) is 5.41 Å². The van der Waals surface area contributed by atoms with E-state index in [0.717, 1.165) is 18.4 Å². The molecule has 0 aromatic heterocycles. The zero-order chi connectivity index (χ0) is 19.1. The molecule has 0 bridgehead atoms. The van der Waals surface area contributed by atoms with Gasteiger partial charge in [-0.1, -0.05) is 11.6 Å². The van der Waals surface area contributed by atoms with E-state index >= 15 is 0 Å². The molecule has 26 heavy (non-hydrogen) atoms. The van der Waals surface area contributed by atoms with E-state index in [4.69, 9.17) is 11.6 Å². The van der Waals surface area contributed by atoms with Gasteiger partial charge in [-0.15, -0.1) is 0 Å². The number of benzene rings is 1. The van der Waals surface area contributed by atoms with Gasteiger partial charge in [-0.05, 0) is 55.4 Å². The van der Waals surface area contributed by atoms with E-state index in [1.54, 1.807) is 36.9 Å². The maximum absolute atomic E-state index is 13.0. The van der Waals surface area contributed by atoms with Crippen LogP contribution in [0, 0.1) is 12.3 Å². The number of halogens is 1. The van der Waals surface area contributed by atoms with Gasteiger partial charge < -0.3 is 14.9 Å². The summed E-state index contributed by atoms with van der Waals surface area (Å²) in [7, 11) is 0. The summed E-state index contributed by atoms with van der Waals surface area (Å²) in [6.45, 7) is 4.99. The van der Waals surface area contributed by atoms with Crippen LogP contribution in [0.3, 0.4) is 0 Å². The van der Waals surface area contributed by atoms with Crippen molar-refractivity contribution in [2.75, 3.05) is 19.6 Å². The first-order chi connectivity index (χ1) is 12.2. The lowest BCUT2D eigenvalue weighted by Gasteiger charge is -2.38. The number of hydrogen-bond donors (Lipinski definition) is 1. The van der Waals surface area contributed by atoms with E-state index < -0.39 is 12.0 Å². The van der Waals surface area contributed by atoms with Crippen molar-refractivity contribution in [1.29, 1.82) is 0 Å². The van der Waals surface area contributed by atoms with E-state index in [1.165, 1.54) is 4.90 Å². The molecule has 2 aliphatic rings. The number of hydrogen-bond acceptors (Lipinski definition) is 3. The number of amides is 2. The summed E-state index contributed by atoms with van der Waals surface area (Å²) in [6, 6.07) is 4.18. The van der Waals surface area contributed by atoms with Crippen molar-refractivity contribution >= 4 is 29.4 Å². The Labute approximate surface area is 157 Å². The molecule has 2 saturated heterocycles. The highest BCUT2D eigenvalue weighted by molar-refractivity contribution is 6.30. The Kier molecular flexibility index (Phi) is 4.97. The molecule has 1 aromatic carbocycles. The van der Waals surface area contributed by atoms with E-state index in [2.05, 4.69) is 0 Å². The Morgan fingerprint density at radius 3 is 2.42 bits per heavy atom. The number of aryl methyl sites for hydroxylation is 1. The highest BCUT2D eigenvalue weighted by Crippen LogP contribution is 2.44. The number of carbonyl (C=O) groups excluding carboxylic acids is 2. The van der Waals surface area contributed by atoms with Gasteiger partial charge in [-0.25, -0.2) is 4.79 Å². The Hall–Kier alpha value is -2.08. The molecule has 140 valence electrons. The number of likely N-dealkylation sites (tertiary alicyclic amines) is 2. The van der Waals surface area contributed by atoms with Gasteiger partial charge in [-0.3, -0.25) is 9.59 Å². The highest BCUT2D eigenvalue weighted by atomic mass is 35.5. The maximum atomic E-state index is 13.0. The minimum atomic E-state index is -0.976. The molecule has 0 saturated carbocycles. The van der Waals surface area contributed by atoms with Gasteiger partial charge >= 0.3 is 5.97 Å². The second kappa shape index (κ2) is 6.91. The number of rotatable bonds is 2. The zero-order valence-electron chi connectivity index (χ0n) is 15.0. The van der Waals surface area contributed by atoms with Gasteiger partial charge in [0.1, 0.15) is 6.04 Å². The lowest BCUT2D eigenvalue weighted by molar-refractivity contribution is -0.141. The molecule has 2 heterocycles. The van der Waals surface area contributed by atoms with Crippen LogP contribution in [-0.2, 0) is 9.59 Å². The number of aliphatic carboxylic acids is 1. The Balaban J connectivity index is 1.83. The van der Waals surface area contributed by atoms with E-state index in [1.807, 2.05) is 0 Å². The molecule has 0 aliphatic carbocycles. The summed E-state index contributed by atoms with van der Waals surface area (Å²) in [5, 5.41) is 10.2. The van der Waals surface area contributed by atoms with Crippen molar-refractivity contribution in [3.05, 3.63) is 34.3 Å². The van der Waals surface area contributed by atoms with Gasteiger partial charge in [0.05, 0.1) is 0 Å². The first-order valence-electron chi connectivity index (χ1n) is 8.78. The van der Waals surface area contributed by atoms with Crippen LogP contribution in [0.5, 0.6) is 0 Å². The summed E-state index contributed by atoms with van der Waals surface area (Å²) in [4.78, 5) is 39.7. The van der Waals surface area contributed by atoms with Crippen LogP contribution >= 0.6 is 11.6 Å². The van der Waals surface area contributed by atoms with E-state index in [-0.39, 0.29) is 17.2 Å². The average Bonchev–Trinajstić information content (AvgIpc) is 2.94. The molecule has 0 unspecified atom stereocenters. The molecule has 6 nitrogen and oxygen atoms in total. The van der Waals surface area contributed by atoms with Gasteiger partial charge in [-0.2, -0.15) is 0 Å². The summed E-state index contributed by atoms with van der Waals surface area (Å²) < 4.78 is 0. The predicted octanol–water partition coefficient (Wildman–Crippen LogP) is 2.58. The topological polar surface area (TPSA) is 77.9 Å². The van der Waals surface area contributed by atoms with Gasteiger partial charge in [0.25, 0.3) is 5.91 Å². The highest BCUT2D eigenvalue weighted by Gasteiger charge is 2.50. The van der Waals surface area contributed by atoms with Gasteiger partial charge in [0.15, 0.2) is 0 Å². The second-order valence-corrected chi connectivity index (χ2v) is 7.89. The van der Waals surface area contributed by atoms with Crippen LogP contribution in [0.4, 0.5) is 0 Å². The SMILES string of the molecule is CC(=O)N1CCC2(CC1)C[C@@H](C(=O)O)N(C(=O)c1ccc(Cl)cc1C)C2. The van der Waals surface area contributed by atoms with Crippen LogP contribution in [0.25, 0.3) is 0 Å². The summed E-state index contributed by atoms with van der Waals surface area (Å²) in [6.07, 6.45) is 1.88. The fraction of sp³-hybridized carbons (Fsp3) is 0.526. The third-order valence-electron chi connectivity index (χ3n) is 5.74. The summed E-state index contributed by atoms with van der Waals surface area (Å²) >= 11 is 5.97. The number of carboxylic acids is 1. The molecule has 1 atom stereocenters. The molecule has 1 aromatic rings. The Bertz CT molecular complexity index is 756. The third-order valence-corrected chi connectivity index (χ3v) is 5.98. The molecule has 2 fully saturated rings. The molecular weight excluding hydrogens is 356 g/mol. The molecular formula is C19H23ClN2O4. The van der Waals surface area contributed by atoms with E-state index in [9.17, 15) is 19.5 Å². The minimum absolute atomic E-state index is 0.0392. The standard InChI is InChI=1S/C19H23ClN2O4/c1-12-9-14(20)3-4-15(12)17(24)22-11-19(10-16(22)18(25)26)5-7-21(8-6-19)13(2)23/h3-4,9,16H,5-8,10-11H2,1-2H3,(H,25,26)/t16-/m0/s1. The molecule has 2 aliphatic heterocycles. The number of piperidine rings is 1. The van der Waals surface area contributed by atoms with Crippen molar-refractivity contribution < 1.29 is 19.5 Å². The minimum Gasteiger partial charge on any atom is -0.480 e. The smallest absolute Gasteiger partial charge is 0.326 e. The quantitative estimate of drug-likeness (QED) is 0.857. The monoisotopic (exact) mass is 378 g/mol. The van der Waals surface area contributed by atoms with Crippen molar-refractivity contribution in [1.82, 2.24) is 9.80 Å². The van der Waals surface area contributed by atoms with E-state index in [0.29, 0.717) is 36.6 Å². The average molecular weight is 379 g/mol. The predicted molar refractivity (Wildman–Crippen MR) is 97.2 cm³/mol. The fourth-order valence-electron chi connectivity index (χ4n) is 4.17. The van der Waals surface area contributed by atoms with Crippen LogP contribution in [0.15, 0.2) is 18.2 Å². The van der Waals surface area contributed by atoms with Crippen molar-refractivity contribution in [3.8, 4) is 0 Å². The van der Waals surface area contributed by atoms with Crippen LogP contribution in [0.2, 0.25) is 5.02 Å². The lowest BCUT2D eigenvalue weighted by Crippen LogP contribution is -2.44. The summed E-state index contributed by atoms with van der Waals surface area (Å²) in [5.41, 5.74) is 0.989.